The summed E-state index contributed by atoms with van der Waals surface area (Å²) < 4.78 is 23.3. The van der Waals surface area contributed by atoms with E-state index in [4.69, 9.17) is 9.47 Å². The van der Waals surface area contributed by atoms with Gasteiger partial charge in [-0.3, -0.25) is 4.79 Å². The van der Waals surface area contributed by atoms with Crippen LogP contribution >= 0.6 is 0 Å². The maximum absolute atomic E-state index is 12.8. The number of amides is 1. The van der Waals surface area contributed by atoms with Gasteiger partial charge in [-0.25, -0.2) is 9.82 Å². The molecule has 3 rings (SSSR count). The van der Waals surface area contributed by atoms with Crippen LogP contribution in [0.25, 0.3) is 0 Å². The molecule has 0 aromatic heterocycles. The van der Waals surface area contributed by atoms with Gasteiger partial charge in [-0.15, -0.1) is 0 Å². The summed E-state index contributed by atoms with van der Waals surface area (Å²) in [7, 11) is 0. The van der Waals surface area contributed by atoms with E-state index < -0.39 is 11.7 Å². The first-order valence-electron chi connectivity index (χ1n) is 6.64. The molecule has 1 aliphatic rings. The second-order valence-corrected chi connectivity index (χ2v) is 4.71. The summed E-state index contributed by atoms with van der Waals surface area (Å²) in [5, 5.41) is 4.05. The van der Waals surface area contributed by atoms with Crippen molar-refractivity contribution >= 4 is 11.6 Å². The van der Waals surface area contributed by atoms with Gasteiger partial charge in [0, 0.05) is 11.1 Å². The van der Waals surface area contributed by atoms with E-state index in [1.54, 1.807) is 19.1 Å². The van der Waals surface area contributed by atoms with Gasteiger partial charge in [0.25, 0.3) is 5.91 Å². The Kier molecular flexibility index (Phi) is 3.74. The molecule has 0 saturated carbocycles. The summed E-state index contributed by atoms with van der Waals surface area (Å²) in [6.45, 7) is 1.97. The lowest BCUT2D eigenvalue weighted by Crippen LogP contribution is -2.19. The van der Waals surface area contributed by atoms with Crippen molar-refractivity contribution in [1.29, 1.82) is 0 Å². The number of carbonyl (C=O) groups is 1. The monoisotopic (exact) mass is 300 g/mol. The fourth-order valence-corrected chi connectivity index (χ4v) is 1.99. The van der Waals surface area contributed by atoms with Crippen LogP contribution in [0.15, 0.2) is 47.6 Å². The second-order valence-electron chi connectivity index (χ2n) is 4.71. The Morgan fingerprint density at radius 2 is 1.77 bits per heavy atom. The van der Waals surface area contributed by atoms with Gasteiger partial charge in [0.05, 0.1) is 5.71 Å². The SMILES string of the molecule is C/C(=N/NC(=O)c1ccc(F)cc1)c1ccc2c(c1)OCO2. The van der Waals surface area contributed by atoms with E-state index in [2.05, 4.69) is 10.5 Å². The number of fused-ring (bicyclic) bond motifs is 1. The number of benzene rings is 2. The standard InChI is InChI=1S/C16H13FN2O3/c1-10(12-4-7-14-15(8-12)22-9-21-14)18-19-16(20)11-2-5-13(17)6-3-11/h2-8H,9H2,1H3,(H,19,20)/b18-10-. The van der Waals surface area contributed by atoms with Crippen molar-refractivity contribution in [2.24, 2.45) is 5.10 Å². The van der Waals surface area contributed by atoms with Gasteiger partial charge >= 0.3 is 0 Å². The van der Waals surface area contributed by atoms with Crippen molar-refractivity contribution in [3.63, 3.8) is 0 Å². The first-order valence-corrected chi connectivity index (χ1v) is 6.64. The first kappa shape index (κ1) is 14.1. The zero-order valence-corrected chi connectivity index (χ0v) is 11.8. The topological polar surface area (TPSA) is 59.9 Å². The summed E-state index contributed by atoms with van der Waals surface area (Å²) in [6.07, 6.45) is 0. The molecule has 1 aliphatic heterocycles. The molecule has 6 heteroatoms. The number of hydrazone groups is 1. The quantitative estimate of drug-likeness (QED) is 0.700. The van der Waals surface area contributed by atoms with Gasteiger partial charge in [-0.1, -0.05) is 0 Å². The van der Waals surface area contributed by atoms with Crippen LogP contribution in [-0.2, 0) is 0 Å². The van der Waals surface area contributed by atoms with Crippen molar-refractivity contribution in [3.8, 4) is 11.5 Å². The summed E-state index contributed by atoms with van der Waals surface area (Å²) >= 11 is 0. The zero-order chi connectivity index (χ0) is 15.5. The van der Waals surface area contributed by atoms with Crippen molar-refractivity contribution in [3.05, 3.63) is 59.4 Å². The Morgan fingerprint density at radius 1 is 1.09 bits per heavy atom. The predicted octanol–water partition coefficient (Wildman–Crippen LogP) is 2.71. The summed E-state index contributed by atoms with van der Waals surface area (Å²) in [5.41, 5.74) is 4.20. The molecule has 0 bridgehead atoms. The predicted molar refractivity (Wildman–Crippen MR) is 78.6 cm³/mol. The summed E-state index contributed by atoms with van der Waals surface area (Å²) in [6, 6.07) is 10.7. The van der Waals surface area contributed by atoms with Crippen LogP contribution in [0.4, 0.5) is 4.39 Å². The van der Waals surface area contributed by atoms with Gasteiger partial charge in [0.1, 0.15) is 5.82 Å². The fourth-order valence-electron chi connectivity index (χ4n) is 1.99. The minimum atomic E-state index is -0.403. The minimum Gasteiger partial charge on any atom is -0.454 e. The number of halogens is 1. The molecule has 0 atom stereocenters. The van der Waals surface area contributed by atoms with Crippen molar-refractivity contribution in [2.45, 2.75) is 6.92 Å². The van der Waals surface area contributed by atoms with Gasteiger partial charge in [0.15, 0.2) is 11.5 Å². The van der Waals surface area contributed by atoms with E-state index in [1.807, 2.05) is 6.07 Å². The van der Waals surface area contributed by atoms with Crippen LogP contribution in [0.3, 0.4) is 0 Å². The molecular weight excluding hydrogens is 287 g/mol. The van der Waals surface area contributed by atoms with Crippen LogP contribution in [0.2, 0.25) is 0 Å². The molecule has 0 unspecified atom stereocenters. The number of nitrogens with one attached hydrogen (secondary N) is 1. The van der Waals surface area contributed by atoms with Gasteiger partial charge in [-0.2, -0.15) is 5.10 Å². The second kappa shape index (κ2) is 5.85. The zero-order valence-electron chi connectivity index (χ0n) is 11.8. The van der Waals surface area contributed by atoms with E-state index in [0.717, 1.165) is 5.56 Å². The lowest BCUT2D eigenvalue weighted by atomic mass is 10.1. The molecule has 0 radical (unpaired) electrons. The van der Waals surface area contributed by atoms with Crippen LogP contribution in [0.5, 0.6) is 11.5 Å². The lowest BCUT2D eigenvalue weighted by molar-refractivity contribution is 0.0955. The van der Waals surface area contributed by atoms with E-state index in [-0.39, 0.29) is 6.79 Å². The molecule has 0 fully saturated rings. The minimum absolute atomic E-state index is 0.205. The average Bonchev–Trinajstić information content (AvgIpc) is 3.00. The van der Waals surface area contributed by atoms with Crippen molar-refractivity contribution < 1.29 is 18.7 Å². The molecule has 1 N–H and O–H groups in total. The summed E-state index contributed by atoms with van der Waals surface area (Å²) in [4.78, 5) is 11.9. The van der Waals surface area contributed by atoms with Crippen molar-refractivity contribution in [2.75, 3.05) is 6.79 Å². The third-order valence-electron chi connectivity index (χ3n) is 3.22. The highest BCUT2D eigenvalue weighted by Gasteiger charge is 2.14. The van der Waals surface area contributed by atoms with Crippen LogP contribution in [0, 0.1) is 5.82 Å². The molecule has 0 spiro atoms. The molecule has 5 nitrogen and oxygen atoms in total. The molecule has 112 valence electrons. The van der Waals surface area contributed by atoms with Crippen LogP contribution < -0.4 is 14.9 Å². The highest BCUT2D eigenvalue weighted by atomic mass is 19.1. The highest BCUT2D eigenvalue weighted by Crippen LogP contribution is 2.32. The molecule has 0 saturated heterocycles. The maximum Gasteiger partial charge on any atom is 0.271 e. The van der Waals surface area contributed by atoms with E-state index in [9.17, 15) is 9.18 Å². The molecule has 1 heterocycles. The van der Waals surface area contributed by atoms with Gasteiger partial charge < -0.3 is 9.47 Å². The third kappa shape index (κ3) is 2.90. The fraction of sp³-hybridized carbons (Fsp3) is 0.125. The Bertz CT molecular complexity index is 742. The third-order valence-corrected chi connectivity index (χ3v) is 3.22. The first-order chi connectivity index (χ1) is 10.6. The summed E-state index contributed by atoms with van der Waals surface area (Å²) in [5.74, 6) is 0.542. The molecule has 0 aliphatic carbocycles. The lowest BCUT2D eigenvalue weighted by Gasteiger charge is -2.04. The molecule has 2 aromatic carbocycles. The number of rotatable bonds is 3. The largest absolute Gasteiger partial charge is 0.454 e. The Morgan fingerprint density at radius 3 is 2.55 bits per heavy atom. The molecule has 22 heavy (non-hydrogen) atoms. The number of hydrogen-bond donors (Lipinski definition) is 1. The smallest absolute Gasteiger partial charge is 0.271 e. The Hall–Kier alpha value is -2.89. The van der Waals surface area contributed by atoms with E-state index >= 15 is 0 Å². The van der Waals surface area contributed by atoms with Gasteiger partial charge in [-0.05, 0) is 49.4 Å². The number of nitrogens with zero attached hydrogens (tertiary/aromatic N) is 1. The Balaban J connectivity index is 1.72. The molecule has 1 amide bonds. The number of carbonyl (C=O) groups excluding carboxylic acids is 1. The van der Waals surface area contributed by atoms with Crippen molar-refractivity contribution in [1.82, 2.24) is 5.43 Å². The van der Waals surface area contributed by atoms with E-state index in [0.29, 0.717) is 22.8 Å². The normalized spacial score (nSPS) is 13.1. The highest BCUT2D eigenvalue weighted by molar-refractivity contribution is 6.01. The van der Waals surface area contributed by atoms with Crippen LogP contribution in [0.1, 0.15) is 22.8 Å². The number of hydrogen-bond acceptors (Lipinski definition) is 4. The van der Waals surface area contributed by atoms with E-state index in [1.165, 1.54) is 24.3 Å². The molecular formula is C16H13FN2O3. The maximum atomic E-state index is 12.8. The van der Waals surface area contributed by atoms with Gasteiger partial charge in [0.2, 0.25) is 6.79 Å². The Labute approximate surface area is 126 Å². The average molecular weight is 300 g/mol. The molecule has 2 aromatic rings. The number of ether oxygens (including phenoxy) is 2. The van der Waals surface area contributed by atoms with Crippen LogP contribution in [-0.4, -0.2) is 18.4 Å².